The Bertz CT molecular complexity index is 1020. The number of rotatable bonds is 3. The molecule has 0 saturated carbocycles. The van der Waals surface area contributed by atoms with E-state index >= 15 is 0 Å². The van der Waals surface area contributed by atoms with Crippen molar-refractivity contribution in [2.45, 2.75) is 19.4 Å². The largest absolute Gasteiger partial charge is 0.323 e. The molecule has 1 saturated heterocycles. The van der Waals surface area contributed by atoms with E-state index in [1.807, 2.05) is 0 Å². The van der Waals surface area contributed by atoms with Gasteiger partial charge in [-0.25, -0.2) is 4.98 Å². The summed E-state index contributed by atoms with van der Waals surface area (Å²) in [6.45, 7) is 1.08. The highest BCUT2D eigenvalue weighted by Crippen LogP contribution is 2.17. The zero-order valence-electron chi connectivity index (χ0n) is 14.4. The summed E-state index contributed by atoms with van der Waals surface area (Å²) in [6.07, 6.45) is 1.63. The van der Waals surface area contributed by atoms with Crippen molar-refractivity contribution < 1.29 is 14.4 Å². The number of carbonyl (C=O) groups is 3. The number of aromatic nitrogens is 2. The molecule has 2 N–H and O–H groups in total. The predicted octanol–water partition coefficient (Wildman–Crippen LogP) is 0.273. The number of carbonyl (C=O) groups excluding carboxylic acids is 3. The maximum atomic E-state index is 12.4. The van der Waals surface area contributed by atoms with E-state index < -0.39 is 11.8 Å². The number of benzene rings is 1. The Kier molecular flexibility index (Phi) is 4.56. The summed E-state index contributed by atoms with van der Waals surface area (Å²) in [4.78, 5) is 54.0. The lowest BCUT2D eigenvalue weighted by Crippen LogP contribution is -2.46. The van der Waals surface area contributed by atoms with Crippen LogP contribution in [0.5, 0.6) is 0 Å². The molecule has 2 aliphatic rings. The van der Waals surface area contributed by atoms with E-state index in [-0.39, 0.29) is 22.9 Å². The molecular formula is C17H17N5O4S. The van der Waals surface area contributed by atoms with Crippen LogP contribution in [0.15, 0.2) is 23.0 Å². The molecule has 0 aliphatic carbocycles. The molecule has 1 aromatic heterocycles. The number of fused-ring (bicyclic) bond motifs is 2. The maximum Gasteiger partial charge on any atom is 0.282 e. The van der Waals surface area contributed by atoms with Gasteiger partial charge in [0.2, 0.25) is 0 Å². The van der Waals surface area contributed by atoms with Crippen molar-refractivity contribution in [2.24, 2.45) is 0 Å². The van der Waals surface area contributed by atoms with Crippen LogP contribution in [0.25, 0.3) is 10.9 Å². The third-order valence-corrected chi connectivity index (χ3v) is 5.47. The second kappa shape index (κ2) is 7.03. The van der Waals surface area contributed by atoms with Crippen LogP contribution >= 0.6 is 11.8 Å². The van der Waals surface area contributed by atoms with Crippen LogP contribution in [0.3, 0.4) is 0 Å². The van der Waals surface area contributed by atoms with Crippen molar-refractivity contribution in [3.8, 4) is 0 Å². The van der Waals surface area contributed by atoms with E-state index in [9.17, 15) is 19.2 Å². The summed E-state index contributed by atoms with van der Waals surface area (Å²) in [7, 11) is 0. The van der Waals surface area contributed by atoms with Gasteiger partial charge in [0.15, 0.2) is 0 Å². The van der Waals surface area contributed by atoms with Gasteiger partial charge in [0, 0.05) is 30.8 Å². The van der Waals surface area contributed by atoms with E-state index in [0.717, 1.165) is 30.4 Å². The minimum Gasteiger partial charge on any atom is -0.323 e. The van der Waals surface area contributed by atoms with Gasteiger partial charge in [0.05, 0.1) is 10.9 Å². The topological polar surface area (TPSA) is 113 Å². The quantitative estimate of drug-likeness (QED) is 0.731. The lowest BCUT2D eigenvalue weighted by Gasteiger charge is -2.14. The Morgan fingerprint density at radius 2 is 2.04 bits per heavy atom. The molecule has 3 amide bonds. The molecule has 140 valence electrons. The third kappa shape index (κ3) is 3.39. The molecule has 2 aliphatic heterocycles. The minimum atomic E-state index is -0.519. The van der Waals surface area contributed by atoms with Crippen LogP contribution in [0.1, 0.15) is 22.6 Å². The van der Waals surface area contributed by atoms with Crippen LogP contribution in [0, 0.1) is 0 Å². The first-order valence-corrected chi connectivity index (χ1v) is 9.56. The van der Waals surface area contributed by atoms with Gasteiger partial charge < -0.3 is 4.90 Å². The van der Waals surface area contributed by atoms with Gasteiger partial charge in [-0.15, -0.1) is 0 Å². The Morgan fingerprint density at radius 1 is 1.19 bits per heavy atom. The smallest absolute Gasteiger partial charge is 0.282 e. The van der Waals surface area contributed by atoms with Crippen molar-refractivity contribution in [3.63, 3.8) is 0 Å². The summed E-state index contributed by atoms with van der Waals surface area (Å²) in [6, 6.07) is 4.64. The highest BCUT2D eigenvalue weighted by molar-refractivity contribution is 8.13. The monoisotopic (exact) mass is 387 g/mol. The standard InChI is InChI=1S/C17H17N5O4S/c23-14(9-21-6-7-27-17(21)26)19-20-15(24)10-3-4-11-12(8-10)18-13-2-1-5-22(13)16(11)25/h3-4,8H,1-2,5-7,9H2,(H,19,23)(H,20,24). The van der Waals surface area contributed by atoms with E-state index in [1.165, 1.54) is 17.0 Å². The molecule has 0 bridgehead atoms. The SMILES string of the molecule is O=C(CN1CCSC1=O)NNC(=O)c1ccc2c(=O)n3c(nc2c1)CCC3. The Labute approximate surface area is 158 Å². The number of nitrogens with one attached hydrogen (secondary N) is 2. The van der Waals surface area contributed by atoms with Crippen molar-refractivity contribution in [3.05, 3.63) is 39.9 Å². The third-order valence-electron chi connectivity index (χ3n) is 4.57. The number of hydrazine groups is 1. The zero-order valence-corrected chi connectivity index (χ0v) is 15.2. The van der Waals surface area contributed by atoms with Gasteiger partial charge in [-0.05, 0) is 24.6 Å². The molecular weight excluding hydrogens is 370 g/mol. The van der Waals surface area contributed by atoms with E-state index in [2.05, 4.69) is 15.8 Å². The van der Waals surface area contributed by atoms with Crippen LogP contribution in [0.2, 0.25) is 0 Å². The number of hydrogen-bond donors (Lipinski definition) is 2. The van der Waals surface area contributed by atoms with E-state index in [4.69, 9.17) is 0 Å². The number of amides is 3. The van der Waals surface area contributed by atoms with Gasteiger partial charge in [0.25, 0.3) is 22.6 Å². The molecule has 2 aromatic rings. The van der Waals surface area contributed by atoms with E-state index in [1.54, 1.807) is 10.6 Å². The summed E-state index contributed by atoms with van der Waals surface area (Å²) in [5.41, 5.74) is 5.28. The molecule has 0 unspecified atom stereocenters. The van der Waals surface area contributed by atoms with Crippen LogP contribution in [-0.4, -0.2) is 50.3 Å². The maximum absolute atomic E-state index is 12.4. The fourth-order valence-electron chi connectivity index (χ4n) is 3.21. The number of aryl methyl sites for hydroxylation is 1. The molecule has 27 heavy (non-hydrogen) atoms. The van der Waals surface area contributed by atoms with Crippen molar-refractivity contribution in [1.29, 1.82) is 0 Å². The average Bonchev–Trinajstić information content (AvgIpc) is 3.29. The molecule has 9 nitrogen and oxygen atoms in total. The van der Waals surface area contributed by atoms with Crippen molar-refractivity contribution in [1.82, 2.24) is 25.3 Å². The van der Waals surface area contributed by atoms with Gasteiger partial charge in [-0.1, -0.05) is 11.8 Å². The molecule has 0 spiro atoms. The number of thioether (sulfide) groups is 1. The summed E-state index contributed by atoms with van der Waals surface area (Å²) in [5.74, 6) is 0.391. The zero-order chi connectivity index (χ0) is 19.0. The number of nitrogens with zero attached hydrogens (tertiary/aromatic N) is 3. The molecule has 0 atom stereocenters. The van der Waals surface area contributed by atoms with Crippen LogP contribution in [0.4, 0.5) is 4.79 Å². The molecule has 0 radical (unpaired) electrons. The lowest BCUT2D eigenvalue weighted by atomic mass is 10.1. The summed E-state index contributed by atoms with van der Waals surface area (Å²) >= 11 is 1.16. The van der Waals surface area contributed by atoms with Gasteiger partial charge in [0.1, 0.15) is 12.4 Å². The second-order valence-electron chi connectivity index (χ2n) is 6.36. The van der Waals surface area contributed by atoms with Crippen molar-refractivity contribution >= 4 is 39.7 Å². The molecule has 10 heteroatoms. The fraction of sp³-hybridized carbons (Fsp3) is 0.353. The highest BCUT2D eigenvalue weighted by atomic mass is 32.2. The predicted molar refractivity (Wildman–Crippen MR) is 99.4 cm³/mol. The number of hydrogen-bond acceptors (Lipinski definition) is 6. The normalized spacial score (nSPS) is 15.9. The van der Waals surface area contributed by atoms with E-state index in [0.29, 0.717) is 29.7 Å². The highest BCUT2D eigenvalue weighted by Gasteiger charge is 2.23. The fourth-order valence-corrected chi connectivity index (χ4v) is 4.03. The lowest BCUT2D eigenvalue weighted by molar-refractivity contribution is -0.122. The first-order valence-electron chi connectivity index (χ1n) is 8.57. The average molecular weight is 387 g/mol. The molecule has 4 rings (SSSR count). The first-order chi connectivity index (χ1) is 13.0. The van der Waals surface area contributed by atoms with Gasteiger partial charge in [-0.2, -0.15) is 0 Å². The Balaban J connectivity index is 1.45. The Morgan fingerprint density at radius 3 is 2.81 bits per heavy atom. The van der Waals surface area contributed by atoms with Gasteiger partial charge in [-0.3, -0.25) is 34.6 Å². The first kappa shape index (κ1) is 17.5. The summed E-state index contributed by atoms with van der Waals surface area (Å²) in [5, 5.41) is 0.321. The minimum absolute atomic E-state index is 0.0964. The molecule has 1 aromatic carbocycles. The summed E-state index contributed by atoms with van der Waals surface area (Å²) < 4.78 is 1.67. The van der Waals surface area contributed by atoms with Crippen LogP contribution in [-0.2, 0) is 17.8 Å². The molecule has 3 heterocycles. The van der Waals surface area contributed by atoms with Crippen molar-refractivity contribution in [2.75, 3.05) is 18.8 Å². The van der Waals surface area contributed by atoms with Gasteiger partial charge >= 0.3 is 0 Å². The Hall–Kier alpha value is -2.88. The van der Waals surface area contributed by atoms with Crippen LogP contribution < -0.4 is 16.4 Å². The second-order valence-corrected chi connectivity index (χ2v) is 7.40. The molecule has 1 fully saturated rings.